The van der Waals surface area contributed by atoms with Gasteiger partial charge in [0.1, 0.15) is 11.5 Å². The third-order valence-electron chi connectivity index (χ3n) is 5.21. The second-order valence-corrected chi connectivity index (χ2v) is 8.27. The molecule has 1 fully saturated rings. The molecule has 0 aliphatic carbocycles. The minimum atomic E-state index is -4.66. The van der Waals surface area contributed by atoms with Crippen LogP contribution in [0.3, 0.4) is 0 Å². The summed E-state index contributed by atoms with van der Waals surface area (Å²) in [5.41, 5.74) is -0.292. The maximum absolute atomic E-state index is 13.7. The molecule has 5 rings (SSSR count). The van der Waals surface area contributed by atoms with Crippen LogP contribution >= 0.6 is 11.3 Å². The number of rotatable bonds is 3. The van der Waals surface area contributed by atoms with E-state index >= 15 is 0 Å². The van der Waals surface area contributed by atoms with Gasteiger partial charge in [-0.25, -0.2) is 9.50 Å². The van der Waals surface area contributed by atoms with Gasteiger partial charge < -0.3 is 9.42 Å². The van der Waals surface area contributed by atoms with Crippen molar-refractivity contribution in [2.75, 3.05) is 6.54 Å². The smallest absolute Gasteiger partial charge is 0.361 e. The van der Waals surface area contributed by atoms with Crippen LogP contribution in [-0.2, 0) is 6.18 Å². The number of alkyl halides is 3. The molecular weight excluding hydrogens is 431 g/mol. The number of hydrogen-bond acceptors (Lipinski definition) is 6. The lowest BCUT2D eigenvalue weighted by Gasteiger charge is -2.21. The van der Waals surface area contributed by atoms with E-state index in [4.69, 9.17) is 4.52 Å². The molecule has 1 aliphatic rings. The predicted octanol–water partition coefficient (Wildman–Crippen LogP) is 4.75. The van der Waals surface area contributed by atoms with E-state index in [1.54, 1.807) is 35.4 Å². The standard InChI is InChI=1S/C20H16F3N5O2S/c1-11-8-12(26-30-11)15-4-2-6-27(15)19(29)14-10-18-24-13(16-5-3-7-31-16)9-17(20(21,22)23)28(18)25-14/h3,5,7-10,15H,2,4,6H2,1H3. The Morgan fingerprint density at radius 1 is 1.29 bits per heavy atom. The van der Waals surface area contributed by atoms with Crippen molar-refractivity contribution in [3.05, 3.63) is 58.6 Å². The van der Waals surface area contributed by atoms with E-state index in [1.165, 1.54) is 17.4 Å². The molecule has 31 heavy (non-hydrogen) atoms. The van der Waals surface area contributed by atoms with Crippen molar-refractivity contribution < 1.29 is 22.5 Å². The second-order valence-electron chi connectivity index (χ2n) is 7.32. The van der Waals surface area contributed by atoms with Crippen molar-refractivity contribution in [2.45, 2.75) is 32.0 Å². The number of halogens is 3. The zero-order chi connectivity index (χ0) is 21.8. The molecule has 0 aromatic carbocycles. The quantitative estimate of drug-likeness (QED) is 0.453. The Balaban J connectivity index is 1.57. The number of amides is 1. The first-order chi connectivity index (χ1) is 14.8. The van der Waals surface area contributed by atoms with Gasteiger partial charge in [-0.15, -0.1) is 11.3 Å². The van der Waals surface area contributed by atoms with Gasteiger partial charge >= 0.3 is 6.18 Å². The molecule has 0 N–H and O–H groups in total. The highest BCUT2D eigenvalue weighted by Gasteiger charge is 2.37. The summed E-state index contributed by atoms with van der Waals surface area (Å²) in [6, 6.07) is 7.15. The number of aromatic nitrogens is 4. The van der Waals surface area contributed by atoms with E-state index in [0.29, 0.717) is 33.8 Å². The summed E-state index contributed by atoms with van der Waals surface area (Å²) >= 11 is 1.29. The van der Waals surface area contributed by atoms with Gasteiger partial charge in [0.2, 0.25) is 0 Å². The number of aryl methyl sites for hydroxylation is 1. The van der Waals surface area contributed by atoms with Crippen LogP contribution in [0.2, 0.25) is 0 Å². The number of fused-ring (bicyclic) bond motifs is 1. The van der Waals surface area contributed by atoms with Crippen LogP contribution in [0.1, 0.15) is 46.5 Å². The van der Waals surface area contributed by atoms with Crippen molar-refractivity contribution in [1.82, 2.24) is 24.7 Å². The normalized spacial score (nSPS) is 17.0. The first-order valence-electron chi connectivity index (χ1n) is 9.57. The summed E-state index contributed by atoms with van der Waals surface area (Å²) in [6.45, 7) is 2.22. The topological polar surface area (TPSA) is 76.5 Å². The molecular formula is C20H16F3N5O2S. The van der Waals surface area contributed by atoms with Gasteiger partial charge in [0.25, 0.3) is 5.91 Å². The molecule has 0 bridgehead atoms. The fourth-order valence-corrected chi connectivity index (χ4v) is 4.52. The molecule has 1 unspecified atom stereocenters. The molecule has 4 aromatic rings. The van der Waals surface area contributed by atoms with Gasteiger partial charge in [0.05, 0.1) is 16.6 Å². The van der Waals surface area contributed by atoms with E-state index in [-0.39, 0.29) is 23.1 Å². The van der Waals surface area contributed by atoms with Crippen LogP contribution in [0.4, 0.5) is 13.2 Å². The maximum Gasteiger partial charge on any atom is 0.433 e. The van der Waals surface area contributed by atoms with E-state index < -0.39 is 17.8 Å². The molecule has 11 heteroatoms. The minimum absolute atomic E-state index is 0.0328. The summed E-state index contributed by atoms with van der Waals surface area (Å²) in [6.07, 6.45) is -3.21. The molecule has 1 aliphatic heterocycles. The number of thiophene rings is 1. The van der Waals surface area contributed by atoms with Crippen LogP contribution < -0.4 is 0 Å². The first-order valence-corrected chi connectivity index (χ1v) is 10.5. The largest absolute Gasteiger partial charge is 0.433 e. The van der Waals surface area contributed by atoms with Crippen molar-refractivity contribution in [3.63, 3.8) is 0 Å². The van der Waals surface area contributed by atoms with Crippen LogP contribution in [-0.4, -0.2) is 37.1 Å². The Labute approximate surface area is 178 Å². The Morgan fingerprint density at radius 3 is 2.81 bits per heavy atom. The van der Waals surface area contributed by atoms with Crippen LogP contribution in [0.5, 0.6) is 0 Å². The Bertz CT molecular complexity index is 1260. The Morgan fingerprint density at radius 2 is 2.13 bits per heavy atom. The molecule has 1 saturated heterocycles. The van der Waals surface area contributed by atoms with Crippen molar-refractivity contribution in [2.24, 2.45) is 0 Å². The molecule has 7 nitrogen and oxygen atoms in total. The Hall–Kier alpha value is -3.21. The number of carbonyl (C=O) groups is 1. The van der Waals surface area contributed by atoms with Gasteiger partial charge in [-0.2, -0.15) is 18.3 Å². The average molecular weight is 447 g/mol. The van der Waals surface area contributed by atoms with Crippen molar-refractivity contribution in [3.8, 4) is 10.6 Å². The highest BCUT2D eigenvalue weighted by atomic mass is 32.1. The van der Waals surface area contributed by atoms with Gasteiger partial charge in [-0.05, 0) is 37.3 Å². The molecule has 4 aromatic heterocycles. The van der Waals surface area contributed by atoms with Gasteiger partial charge in [0, 0.05) is 18.7 Å². The molecule has 1 amide bonds. The van der Waals surface area contributed by atoms with Gasteiger partial charge in [0.15, 0.2) is 17.0 Å². The van der Waals surface area contributed by atoms with Crippen molar-refractivity contribution >= 4 is 22.9 Å². The zero-order valence-electron chi connectivity index (χ0n) is 16.3. The fraction of sp³-hybridized carbons (Fsp3) is 0.300. The fourth-order valence-electron chi connectivity index (χ4n) is 3.84. The number of hydrogen-bond donors (Lipinski definition) is 0. The second kappa shape index (κ2) is 7.19. The van der Waals surface area contributed by atoms with E-state index in [2.05, 4.69) is 15.2 Å². The summed E-state index contributed by atoms with van der Waals surface area (Å²) in [5.74, 6) is 0.168. The van der Waals surface area contributed by atoms with Crippen LogP contribution in [0.25, 0.3) is 16.2 Å². The predicted molar refractivity (Wildman–Crippen MR) is 106 cm³/mol. The number of likely N-dealkylation sites (tertiary alicyclic amines) is 1. The lowest BCUT2D eigenvalue weighted by molar-refractivity contribution is -0.142. The third-order valence-corrected chi connectivity index (χ3v) is 6.10. The highest BCUT2D eigenvalue weighted by Crippen LogP contribution is 2.35. The molecule has 0 saturated carbocycles. The summed E-state index contributed by atoms with van der Waals surface area (Å²) < 4.78 is 47.0. The van der Waals surface area contributed by atoms with Gasteiger partial charge in [-0.3, -0.25) is 4.79 Å². The lowest BCUT2D eigenvalue weighted by atomic mass is 10.1. The number of carbonyl (C=O) groups excluding carboxylic acids is 1. The molecule has 1 atom stereocenters. The summed E-state index contributed by atoms with van der Waals surface area (Å²) in [4.78, 5) is 19.7. The Kier molecular flexibility index (Phi) is 4.58. The molecule has 160 valence electrons. The summed E-state index contributed by atoms with van der Waals surface area (Å²) in [7, 11) is 0. The highest BCUT2D eigenvalue weighted by molar-refractivity contribution is 7.13. The average Bonchev–Trinajstić information content (AvgIpc) is 3.51. The molecule has 5 heterocycles. The number of nitrogens with zero attached hydrogens (tertiary/aromatic N) is 5. The first kappa shape index (κ1) is 19.7. The van der Waals surface area contributed by atoms with Crippen molar-refractivity contribution in [1.29, 1.82) is 0 Å². The lowest BCUT2D eigenvalue weighted by Crippen LogP contribution is -2.31. The molecule has 0 radical (unpaired) electrons. The minimum Gasteiger partial charge on any atom is -0.361 e. The van der Waals surface area contributed by atoms with Crippen LogP contribution in [0.15, 0.2) is 40.2 Å². The SMILES string of the molecule is Cc1cc(C2CCCN2C(=O)c2cc3nc(-c4cccs4)cc(C(F)(F)F)n3n2)no1. The summed E-state index contributed by atoms with van der Waals surface area (Å²) in [5, 5.41) is 9.74. The van der Waals surface area contributed by atoms with Gasteiger partial charge in [-0.1, -0.05) is 11.2 Å². The van der Waals surface area contributed by atoms with E-state index in [9.17, 15) is 18.0 Å². The molecule has 0 spiro atoms. The monoisotopic (exact) mass is 447 g/mol. The maximum atomic E-state index is 13.7. The zero-order valence-corrected chi connectivity index (χ0v) is 17.1. The van der Waals surface area contributed by atoms with E-state index in [1.807, 2.05) is 0 Å². The van der Waals surface area contributed by atoms with Crippen LogP contribution in [0, 0.1) is 6.92 Å². The third kappa shape index (κ3) is 3.48. The van der Waals surface area contributed by atoms with E-state index in [0.717, 1.165) is 12.5 Å².